The summed E-state index contributed by atoms with van der Waals surface area (Å²) in [6.45, 7) is -0.587. The number of rotatable bonds is 39. The highest BCUT2D eigenvalue weighted by Gasteiger charge is 2.59. The van der Waals surface area contributed by atoms with E-state index in [0.29, 0.717) is 62.0 Å². The second-order valence-electron chi connectivity index (χ2n) is 21.2. The number of urea groups is 1. The van der Waals surface area contributed by atoms with Gasteiger partial charge >= 0.3 is 6.03 Å². The number of carbonyl (C=O) groups excluding carboxylic acids is 5. The predicted molar refractivity (Wildman–Crippen MR) is 295 cm³/mol. The summed E-state index contributed by atoms with van der Waals surface area (Å²) >= 11 is 1.86. The lowest BCUT2D eigenvalue weighted by atomic mass is 9.87. The van der Waals surface area contributed by atoms with Gasteiger partial charge in [-0.05, 0) is 43.7 Å². The largest absolute Gasteiger partial charge is 0.394 e. The lowest BCUT2D eigenvalue weighted by Gasteiger charge is -2.51. The number of hydrogen-bond donors (Lipinski definition) is 16. The number of Topliss-reactive ketones (excluding diaryl/α,β-unsaturated/α-hetero) is 1. The van der Waals surface area contributed by atoms with E-state index in [-0.39, 0.29) is 68.8 Å². The van der Waals surface area contributed by atoms with Gasteiger partial charge in [-0.1, -0.05) is 29.8 Å². The van der Waals surface area contributed by atoms with Crippen LogP contribution < -0.4 is 26.6 Å². The molecule has 0 bridgehead atoms. The summed E-state index contributed by atoms with van der Waals surface area (Å²) in [5.41, 5.74) is 1.13. The van der Waals surface area contributed by atoms with Crippen LogP contribution in [-0.2, 0) is 71.8 Å². The maximum Gasteiger partial charge on any atom is 0.315 e. The summed E-state index contributed by atoms with van der Waals surface area (Å²) in [6, 6.07) is 5.24. The number of thioether (sulfide) groups is 1. The molecule has 0 aliphatic carbocycles. The molecule has 0 radical (unpaired) electrons. The van der Waals surface area contributed by atoms with E-state index in [9.17, 15) is 80.1 Å². The quantitative estimate of drug-likeness (QED) is 0.0169. The number of unbranched alkanes of at least 4 members (excludes halogenated alkanes) is 1. The van der Waals surface area contributed by atoms with Crippen molar-refractivity contribution in [3.05, 3.63) is 41.7 Å². The first-order chi connectivity index (χ1) is 40.8. The first-order valence-electron chi connectivity index (χ1n) is 28.4. The third-order valence-electron chi connectivity index (χ3n) is 15.0. The first kappa shape index (κ1) is 69.4. The van der Waals surface area contributed by atoms with Crippen molar-refractivity contribution in [1.82, 2.24) is 36.3 Å². The Hall–Kier alpha value is -4.66. The Morgan fingerprint density at radius 3 is 2.32 bits per heavy atom. The molecule has 1 aromatic carbocycles. The zero-order valence-electron chi connectivity index (χ0n) is 47.2. The lowest BCUT2D eigenvalue weighted by Crippen LogP contribution is -2.71. The monoisotopic (exact) mass is 1230 g/mol. The molecule has 0 spiro atoms. The van der Waals surface area contributed by atoms with Crippen LogP contribution in [-0.4, -0.2) is 275 Å². The second kappa shape index (κ2) is 34.8. The molecule has 2 aromatic rings. The number of aliphatic hydroxyl groups excluding tert-OH is 11. The van der Waals surface area contributed by atoms with Gasteiger partial charge < -0.3 is 116 Å². The number of aryl methyl sites for hydroxylation is 1. The molecule has 85 heavy (non-hydrogen) atoms. The predicted octanol–water partition coefficient (Wildman–Crippen LogP) is -5.43. The summed E-state index contributed by atoms with van der Waals surface area (Å²) in [5.74, 6) is -3.84. The smallest absolute Gasteiger partial charge is 0.315 e. The zero-order valence-corrected chi connectivity index (χ0v) is 48.0. The average molecular weight is 1230 g/mol. The molecule has 4 saturated heterocycles. The molecule has 4 aliphatic rings. The molecule has 5 unspecified atom stereocenters. The van der Waals surface area contributed by atoms with E-state index in [0.717, 1.165) is 31.9 Å². The number of carbonyl (C=O) groups is 5. The van der Waals surface area contributed by atoms with Crippen LogP contribution in [0.15, 0.2) is 30.5 Å². The van der Waals surface area contributed by atoms with Gasteiger partial charge in [-0.2, -0.15) is 11.8 Å². The number of nitrogens with one attached hydrogen (secondary N) is 5. The van der Waals surface area contributed by atoms with Crippen molar-refractivity contribution in [3.63, 3.8) is 0 Å². The normalized spacial score (nSPS) is 28.7. The molecule has 0 saturated carbocycles. The van der Waals surface area contributed by atoms with Crippen molar-refractivity contribution in [1.29, 1.82) is 0 Å². The van der Waals surface area contributed by atoms with E-state index in [2.05, 4.69) is 36.9 Å². The summed E-state index contributed by atoms with van der Waals surface area (Å²) in [7, 11) is 0. The molecule has 5 heterocycles. The molecule has 6 rings (SSSR count). The van der Waals surface area contributed by atoms with Crippen LogP contribution in [0.25, 0.3) is 0 Å². The first-order valence-corrected chi connectivity index (χ1v) is 29.5. The molecule has 480 valence electrons. The van der Waals surface area contributed by atoms with E-state index in [1.54, 1.807) is 24.3 Å². The van der Waals surface area contributed by atoms with Crippen LogP contribution in [0.4, 0.5) is 10.5 Å². The van der Waals surface area contributed by atoms with Crippen LogP contribution in [0.3, 0.4) is 0 Å². The molecule has 32 heteroatoms. The minimum absolute atomic E-state index is 0.0712. The van der Waals surface area contributed by atoms with Gasteiger partial charge in [0, 0.05) is 49.5 Å². The van der Waals surface area contributed by atoms with Gasteiger partial charge in [0.15, 0.2) is 6.29 Å². The summed E-state index contributed by atoms with van der Waals surface area (Å²) in [4.78, 5) is 62.0. The van der Waals surface area contributed by atoms with Crippen molar-refractivity contribution in [2.75, 3.05) is 70.5 Å². The van der Waals surface area contributed by atoms with Crippen LogP contribution in [0.2, 0.25) is 0 Å². The fourth-order valence-corrected chi connectivity index (χ4v) is 12.0. The number of ether oxygens (including phenoxy) is 7. The highest BCUT2D eigenvalue weighted by Crippen LogP contribution is 2.39. The van der Waals surface area contributed by atoms with Crippen molar-refractivity contribution in [2.24, 2.45) is 0 Å². The number of hydrogen-bond acceptors (Lipinski definition) is 26. The van der Waals surface area contributed by atoms with Gasteiger partial charge in [0.05, 0.1) is 102 Å². The average Bonchev–Trinajstić information content (AvgIpc) is 3.16. The maximum atomic E-state index is 14.6. The molecule has 18 atom stereocenters. The van der Waals surface area contributed by atoms with E-state index in [1.807, 2.05) is 11.8 Å². The molecule has 31 nitrogen and oxygen atoms in total. The number of aliphatic hydroxyl groups is 11. The minimum Gasteiger partial charge on any atom is -0.394 e. The van der Waals surface area contributed by atoms with Crippen molar-refractivity contribution in [3.8, 4) is 0 Å². The fraction of sp³-hybridized carbons (Fsp3) is 0.755. The van der Waals surface area contributed by atoms with Gasteiger partial charge in [-0.3, -0.25) is 19.2 Å². The van der Waals surface area contributed by atoms with Crippen molar-refractivity contribution in [2.45, 2.75) is 187 Å². The Balaban J connectivity index is 1.01. The number of nitrogens with zero attached hydrogens (tertiary/aromatic N) is 3. The van der Waals surface area contributed by atoms with Crippen LogP contribution in [0.5, 0.6) is 0 Å². The minimum atomic E-state index is -2.92. The van der Waals surface area contributed by atoms with E-state index >= 15 is 0 Å². The number of para-hydroxylation sites is 1. The number of amides is 5. The van der Waals surface area contributed by atoms with Gasteiger partial charge in [0.2, 0.25) is 12.3 Å². The summed E-state index contributed by atoms with van der Waals surface area (Å²) < 4.78 is 41.9. The fourth-order valence-electron chi connectivity index (χ4n) is 10.4. The highest BCUT2D eigenvalue weighted by atomic mass is 32.2. The number of benzene rings is 1. The molecular formula is C53H84N8O23S. The molecule has 4 fully saturated rings. The lowest BCUT2D eigenvalue weighted by molar-refractivity contribution is -0.374. The molecular weight excluding hydrogens is 1150 g/mol. The van der Waals surface area contributed by atoms with Gasteiger partial charge in [0.1, 0.15) is 72.5 Å². The van der Waals surface area contributed by atoms with Crippen molar-refractivity contribution >= 4 is 47.5 Å². The Kier molecular flexibility index (Phi) is 28.4. The zero-order chi connectivity index (χ0) is 61.6. The molecule has 4 aliphatic heterocycles. The Morgan fingerprint density at radius 1 is 0.906 bits per heavy atom. The van der Waals surface area contributed by atoms with Gasteiger partial charge in [0.25, 0.3) is 11.7 Å². The van der Waals surface area contributed by atoms with E-state index in [1.165, 1.54) is 10.9 Å². The number of ketones is 1. The molecule has 1 aromatic heterocycles. The van der Waals surface area contributed by atoms with E-state index < -0.39 is 136 Å². The molecule has 5 amide bonds. The topological polar surface area (TPSA) is 463 Å². The van der Waals surface area contributed by atoms with Gasteiger partial charge in [-0.25, -0.2) is 9.48 Å². The maximum absolute atomic E-state index is 14.6. The van der Waals surface area contributed by atoms with Gasteiger partial charge in [-0.15, -0.1) is 5.10 Å². The van der Waals surface area contributed by atoms with E-state index in [4.69, 9.17) is 33.2 Å². The van der Waals surface area contributed by atoms with Crippen molar-refractivity contribution < 1.29 is 113 Å². The SMILES string of the molecule is CC(=O)N[C@H]1C([C@H](O)[C@H](O)CO)O[C@@](O[C@@H]2C(O)[C@H](O[C@H](C(O)CO)[C@H](O)C(O)CCc3ccccc3NC=O)OC(CO)[C@@H]2O)(C(=O)NCc2cn(CCOCCOCCOCCCC(=O)CCCC[C@@H]3SC[C@@H]4NC(=O)N[C@@H]43)nn2)C[C@H]1O. The summed E-state index contributed by atoms with van der Waals surface area (Å²) in [5, 5.41) is 142. The molecule has 16 N–H and O–H groups in total. The third kappa shape index (κ3) is 19.9. The summed E-state index contributed by atoms with van der Waals surface area (Å²) in [6.07, 6.45) is -21.0. The Labute approximate surface area is 494 Å². The number of anilines is 1. The Bertz CT molecular complexity index is 2390. The number of aromatic nitrogens is 3. The van der Waals surface area contributed by atoms with Crippen LogP contribution in [0, 0.1) is 0 Å². The standard InChI is InChI=1S/C53H84N8O23S/c1-29(66)56-42-36(69)21-53(83-48(42)44(73)37(70)24-62,84-49-45(74)39(26-64)81-50(46(49)75)82-47(38(71)25-63)43(72)35(68)13-12-30-7-2-4-10-33(30)55-28-65)51(76)54-22-31-23-61(60-59-31)14-16-79-18-20-80-19-17-78-15-6-9-32(67)8-3-5-11-40-41-34(27-85-40)57-52(77)58-41/h2,4,7,10,23,28,34-50,62-64,68-75H,3,5-6,8-9,11-22,24-27H2,1H3,(H,54,76)(H,55,65)(H,56,66)(H2,57,58,77)/t34-,35?,36+,37+,38?,39?,40-,41-,42+,43+,44+,45-,46?,47+,48?,49-,50-,53-/m0/s1. The third-order valence-corrected chi connectivity index (χ3v) is 16.5. The highest BCUT2D eigenvalue weighted by molar-refractivity contribution is 8.00. The van der Waals surface area contributed by atoms with Crippen LogP contribution >= 0.6 is 11.8 Å². The second-order valence-corrected chi connectivity index (χ2v) is 22.5. The number of fused-ring (bicyclic) bond motifs is 1. The van der Waals surface area contributed by atoms with Crippen LogP contribution in [0.1, 0.15) is 69.5 Å². The Morgan fingerprint density at radius 2 is 1.61 bits per heavy atom.